The van der Waals surface area contributed by atoms with Crippen LogP contribution in [0.25, 0.3) is 10.2 Å². The fourth-order valence-electron chi connectivity index (χ4n) is 2.49. The fraction of sp³-hybridized carbons (Fsp3) is 0.222. The van der Waals surface area contributed by atoms with Gasteiger partial charge in [0, 0.05) is 6.54 Å². The highest BCUT2D eigenvalue weighted by Crippen LogP contribution is 2.33. The van der Waals surface area contributed by atoms with E-state index in [1.54, 1.807) is 11.3 Å². The first-order valence-electron chi connectivity index (χ1n) is 7.87. The number of para-hydroxylation sites is 1. The Bertz CT molecular complexity index is 893. The number of amides is 1. The SMILES string of the molecule is C[C@H](Sc1nc2ccccc2s1)C(=O)NCc1ccc2c(c1)OCO2. The first kappa shape index (κ1) is 16.2. The van der Waals surface area contributed by atoms with Gasteiger partial charge in [0.2, 0.25) is 12.7 Å². The van der Waals surface area contributed by atoms with Gasteiger partial charge < -0.3 is 14.8 Å². The van der Waals surface area contributed by atoms with Crippen LogP contribution >= 0.6 is 23.1 Å². The van der Waals surface area contributed by atoms with Gasteiger partial charge in [-0.1, -0.05) is 30.0 Å². The Balaban J connectivity index is 1.35. The number of thioether (sulfide) groups is 1. The summed E-state index contributed by atoms with van der Waals surface area (Å²) >= 11 is 3.10. The lowest BCUT2D eigenvalue weighted by Crippen LogP contribution is -2.30. The topological polar surface area (TPSA) is 60.5 Å². The fourth-order valence-corrected chi connectivity index (χ4v) is 4.73. The Kier molecular flexibility index (Phi) is 4.50. The van der Waals surface area contributed by atoms with Gasteiger partial charge in [-0.3, -0.25) is 4.79 Å². The number of carbonyl (C=O) groups is 1. The van der Waals surface area contributed by atoms with Crippen molar-refractivity contribution in [2.75, 3.05) is 6.79 Å². The molecule has 0 aliphatic carbocycles. The van der Waals surface area contributed by atoms with Gasteiger partial charge in [0.1, 0.15) is 0 Å². The Labute approximate surface area is 153 Å². The van der Waals surface area contributed by atoms with Crippen molar-refractivity contribution < 1.29 is 14.3 Å². The van der Waals surface area contributed by atoms with Crippen LogP contribution in [0.5, 0.6) is 11.5 Å². The molecule has 3 aromatic rings. The number of hydrogen-bond acceptors (Lipinski definition) is 6. The Hall–Kier alpha value is -2.25. The van der Waals surface area contributed by atoms with Gasteiger partial charge in [0.25, 0.3) is 0 Å². The lowest BCUT2D eigenvalue weighted by atomic mass is 10.2. The first-order valence-corrected chi connectivity index (χ1v) is 9.57. The highest BCUT2D eigenvalue weighted by Gasteiger charge is 2.18. The molecule has 25 heavy (non-hydrogen) atoms. The zero-order valence-corrected chi connectivity index (χ0v) is 15.2. The number of thiazole rings is 1. The molecule has 128 valence electrons. The zero-order valence-electron chi connectivity index (χ0n) is 13.5. The number of rotatable bonds is 5. The quantitative estimate of drug-likeness (QED) is 0.690. The normalized spacial score (nSPS) is 13.8. The highest BCUT2D eigenvalue weighted by atomic mass is 32.2. The molecule has 0 radical (unpaired) electrons. The third kappa shape index (κ3) is 3.57. The summed E-state index contributed by atoms with van der Waals surface area (Å²) in [6, 6.07) is 13.7. The Morgan fingerprint density at radius 1 is 1.28 bits per heavy atom. The minimum atomic E-state index is -0.213. The van der Waals surface area contributed by atoms with E-state index in [-0.39, 0.29) is 18.0 Å². The average Bonchev–Trinajstić information content (AvgIpc) is 3.24. The van der Waals surface area contributed by atoms with Crippen LogP contribution in [-0.2, 0) is 11.3 Å². The van der Waals surface area contributed by atoms with Crippen LogP contribution in [0, 0.1) is 0 Å². The third-order valence-electron chi connectivity index (χ3n) is 3.82. The molecule has 7 heteroatoms. The van der Waals surface area contributed by atoms with Gasteiger partial charge >= 0.3 is 0 Å². The monoisotopic (exact) mass is 372 g/mol. The van der Waals surface area contributed by atoms with E-state index in [0.717, 1.165) is 31.6 Å². The summed E-state index contributed by atoms with van der Waals surface area (Å²) in [7, 11) is 0. The second kappa shape index (κ2) is 6.93. The van der Waals surface area contributed by atoms with Crippen LogP contribution in [0.2, 0.25) is 0 Å². The second-order valence-electron chi connectivity index (χ2n) is 5.61. The Morgan fingerprint density at radius 3 is 3.00 bits per heavy atom. The molecule has 0 unspecified atom stereocenters. The van der Waals surface area contributed by atoms with E-state index in [4.69, 9.17) is 9.47 Å². The molecule has 1 atom stereocenters. The summed E-state index contributed by atoms with van der Waals surface area (Å²) in [5.41, 5.74) is 1.96. The van der Waals surface area contributed by atoms with Crippen LogP contribution < -0.4 is 14.8 Å². The predicted octanol–water partition coefficient (Wildman–Crippen LogP) is 3.82. The molecular formula is C18H16N2O3S2. The number of carbonyl (C=O) groups excluding carboxylic acids is 1. The van der Waals surface area contributed by atoms with Crippen molar-refractivity contribution in [3.63, 3.8) is 0 Å². The van der Waals surface area contributed by atoms with E-state index in [0.29, 0.717) is 6.54 Å². The molecule has 1 amide bonds. The molecule has 1 aromatic heterocycles. The van der Waals surface area contributed by atoms with E-state index in [1.165, 1.54) is 11.8 Å². The van der Waals surface area contributed by atoms with E-state index < -0.39 is 0 Å². The maximum Gasteiger partial charge on any atom is 0.233 e. The van der Waals surface area contributed by atoms with Crippen molar-refractivity contribution in [2.24, 2.45) is 0 Å². The molecule has 0 fully saturated rings. The van der Waals surface area contributed by atoms with Crippen molar-refractivity contribution in [1.82, 2.24) is 10.3 Å². The minimum Gasteiger partial charge on any atom is -0.454 e. The molecular weight excluding hydrogens is 356 g/mol. The lowest BCUT2D eigenvalue weighted by Gasteiger charge is -2.10. The number of hydrogen-bond donors (Lipinski definition) is 1. The molecule has 5 nitrogen and oxygen atoms in total. The number of nitrogens with one attached hydrogen (secondary N) is 1. The predicted molar refractivity (Wildman–Crippen MR) is 99.4 cm³/mol. The molecule has 4 rings (SSSR count). The van der Waals surface area contributed by atoms with Gasteiger partial charge in [-0.25, -0.2) is 4.98 Å². The average molecular weight is 372 g/mol. The molecule has 1 aliphatic heterocycles. The summed E-state index contributed by atoms with van der Waals surface area (Å²) in [6.07, 6.45) is 0. The summed E-state index contributed by atoms with van der Waals surface area (Å²) in [6.45, 7) is 2.60. The van der Waals surface area contributed by atoms with Crippen LogP contribution in [-0.4, -0.2) is 22.9 Å². The first-order chi connectivity index (χ1) is 12.2. The molecule has 2 heterocycles. The molecule has 0 saturated carbocycles. The van der Waals surface area contributed by atoms with Gasteiger partial charge in [-0.2, -0.15) is 0 Å². The third-order valence-corrected chi connectivity index (χ3v) is 6.06. The van der Waals surface area contributed by atoms with Crippen LogP contribution in [0.1, 0.15) is 12.5 Å². The van der Waals surface area contributed by atoms with Crippen LogP contribution in [0.3, 0.4) is 0 Å². The number of nitrogens with zero attached hydrogens (tertiary/aromatic N) is 1. The lowest BCUT2D eigenvalue weighted by molar-refractivity contribution is -0.120. The number of benzene rings is 2. The van der Waals surface area contributed by atoms with Crippen molar-refractivity contribution in [2.45, 2.75) is 23.1 Å². The number of ether oxygens (including phenoxy) is 2. The van der Waals surface area contributed by atoms with Gasteiger partial charge in [0.05, 0.1) is 15.5 Å². The van der Waals surface area contributed by atoms with Crippen molar-refractivity contribution in [1.29, 1.82) is 0 Å². The van der Waals surface area contributed by atoms with Crippen LogP contribution in [0.15, 0.2) is 46.8 Å². The summed E-state index contributed by atoms with van der Waals surface area (Å²) in [4.78, 5) is 16.9. The molecule has 0 bridgehead atoms. The zero-order chi connectivity index (χ0) is 17.2. The van der Waals surface area contributed by atoms with E-state index in [2.05, 4.69) is 10.3 Å². The summed E-state index contributed by atoms with van der Waals surface area (Å²) in [5, 5.41) is 2.75. The van der Waals surface area contributed by atoms with E-state index >= 15 is 0 Å². The van der Waals surface area contributed by atoms with Crippen molar-refractivity contribution in [3.8, 4) is 11.5 Å². The van der Waals surface area contributed by atoms with E-state index in [9.17, 15) is 4.79 Å². The molecule has 0 spiro atoms. The maximum atomic E-state index is 12.4. The van der Waals surface area contributed by atoms with Gasteiger partial charge in [0.15, 0.2) is 15.8 Å². The highest BCUT2D eigenvalue weighted by molar-refractivity contribution is 8.02. The second-order valence-corrected chi connectivity index (χ2v) is 8.23. The van der Waals surface area contributed by atoms with E-state index in [1.807, 2.05) is 49.4 Å². The van der Waals surface area contributed by atoms with Crippen molar-refractivity contribution >= 4 is 39.2 Å². The molecule has 1 aliphatic rings. The van der Waals surface area contributed by atoms with Gasteiger partial charge in [-0.05, 0) is 36.8 Å². The van der Waals surface area contributed by atoms with Gasteiger partial charge in [-0.15, -0.1) is 11.3 Å². The molecule has 1 N–H and O–H groups in total. The minimum absolute atomic E-state index is 0.0121. The Morgan fingerprint density at radius 2 is 2.12 bits per heavy atom. The summed E-state index contributed by atoms with van der Waals surface area (Å²) in [5.74, 6) is 1.46. The smallest absolute Gasteiger partial charge is 0.233 e. The molecule has 0 saturated heterocycles. The standard InChI is InChI=1S/C18H16N2O3S2/c1-11(24-18-20-13-4-2-3-5-16(13)25-18)17(21)19-9-12-6-7-14-15(8-12)23-10-22-14/h2-8,11H,9-10H2,1H3,(H,19,21)/t11-/m0/s1. The number of aromatic nitrogens is 1. The summed E-state index contributed by atoms with van der Waals surface area (Å²) < 4.78 is 12.7. The number of fused-ring (bicyclic) bond motifs is 2. The maximum absolute atomic E-state index is 12.4. The van der Waals surface area contributed by atoms with Crippen LogP contribution in [0.4, 0.5) is 0 Å². The molecule has 2 aromatic carbocycles. The van der Waals surface area contributed by atoms with Crippen molar-refractivity contribution in [3.05, 3.63) is 48.0 Å². The largest absolute Gasteiger partial charge is 0.454 e.